The predicted octanol–water partition coefficient (Wildman–Crippen LogP) is 9.40. The molecule has 0 aromatic heterocycles. The second-order valence-electron chi connectivity index (χ2n) is 14.8. The topological polar surface area (TPSA) is 83.1 Å². The molecule has 0 heterocycles. The molecule has 0 aromatic carbocycles. The molecule has 0 spiro atoms. The predicted molar refractivity (Wildman–Crippen MR) is 209 cm³/mol. The van der Waals surface area contributed by atoms with Gasteiger partial charge in [0, 0.05) is 6.61 Å². The van der Waals surface area contributed by atoms with Crippen molar-refractivity contribution in [1.29, 1.82) is 0 Å². The second-order valence-corrected chi connectivity index (χ2v) is 19.6. The minimum atomic E-state index is -1.69. The summed E-state index contributed by atoms with van der Waals surface area (Å²) in [6.45, 7) is 23.5. The standard InChI is InChI=1S/C40H84O9Si/c1-7-8-9-10-11-12-13-14-15-16-17-18-19-20-21-22-23-41-24-25-42-26-27-43-28-29-44-30-31-45-32-33-46-34-35-47-36-37-48-38-39-49-50(5,6)40(2,3)4/h7-39H2,1-6H3. The largest absolute Gasteiger partial charge is 0.414 e. The molecule has 0 rings (SSSR count). The van der Waals surface area contributed by atoms with Crippen molar-refractivity contribution >= 4 is 8.32 Å². The van der Waals surface area contributed by atoms with Crippen LogP contribution >= 0.6 is 0 Å². The van der Waals surface area contributed by atoms with Crippen molar-refractivity contribution in [3.05, 3.63) is 0 Å². The maximum atomic E-state index is 6.09. The fourth-order valence-corrected chi connectivity index (χ4v) is 5.99. The normalized spacial score (nSPS) is 12.4. The Labute approximate surface area is 310 Å². The fourth-order valence-electron chi connectivity index (χ4n) is 4.97. The first-order valence-corrected chi connectivity index (χ1v) is 23.5. The van der Waals surface area contributed by atoms with Gasteiger partial charge in [-0.25, -0.2) is 0 Å². The lowest BCUT2D eigenvalue weighted by Gasteiger charge is -2.36. The first-order chi connectivity index (χ1) is 24.3. The van der Waals surface area contributed by atoms with Gasteiger partial charge in [0.05, 0.1) is 106 Å². The number of rotatable bonds is 42. The molecule has 0 atom stereocenters. The second kappa shape index (κ2) is 38.6. The van der Waals surface area contributed by atoms with Crippen molar-refractivity contribution in [3.8, 4) is 0 Å². The zero-order valence-corrected chi connectivity index (χ0v) is 35.0. The molecular weight excluding hydrogens is 653 g/mol. The molecule has 0 saturated carbocycles. The van der Waals surface area contributed by atoms with E-state index in [4.69, 9.17) is 42.3 Å². The third-order valence-corrected chi connectivity index (χ3v) is 13.8. The zero-order valence-electron chi connectivity index (χ0n) is 34.0. The van der Waals surface area contributed by atoms with Gasteiger partial charge in [-0.2, -0.15) is 0 Å². The molecule has 0 aliphatic rings. The van der Waals surface area contributed by atoms with E-state index in [2.05, 4.69) is 40.8 Å². The minimum Gasteiger partial charge on any atom is -0.414 e. The Kier molecular flexibility index (Phi) is 38.5. The summed E-state index contributed by atoms with van der Waals surface area (Å²) in [5.74, 6) is 0. The van der Waals surface area contributed by atoms with Crippen LogP contribution < -0.4 is 0 Å². The molecule has 0 aromatic rings. The van der Waals surface area contributed by atoms with Crippen molar-refractivity contribution in [3.63, 3.8) is 0 Å². The summed E-state index contributed by atoms with van der Waals surface area (Å²) >= 11 is 0. The lowest BCUT2D eigenvalue weighted by atomic mass is 10.0. The van der Waals surface area contributed by atoms with E-state index in [1.165, 1.54) is 96.3 Å². The van der Waals surface area contributed by atoms with Gasteiger partial charge < -0.3 is 42.3 Å². The Balaban J connectivity index is 3.11. The van der Waals surface area contributed by atoms with Gasteiger partial charge in [0.15, 0.2) is 8.32 Å². The van der Waals surface area contributed by atoms with Crippen molar-refractivity contribution in [2.45, 2.75) is 149 Å². The lowest BCUT2D eigenvalue weighted by Crippen LogP contribution is -2.41. The first kappa shape index (κ1) is 49.9. The van der Waals surface area contributed by atoms with Crippen molar-refractivity contribution in [2.75, 3.05) is 112 Å². The van der Waals surface area contributed by atoms with E-state index in [1.54, 1.807) is 0 Å². The number of hydrogen-bond donors (Lipinski definition) is 0. The fraction of sp³-hybridized carbons (Fsp3) is 1.00. The van der Waals surface area contributed by atoms with Crippen LogP contribution in [0, 0.1) is 0 Å². The van der Waals surface area contributed by atoms with Crippen LogP contribution in [-0.4, -0.2) is 121 Å². The molecule has 0 aliphatic carbocycles. The number of unbranched alkanes of at least 4 members (excludes halogenated alkanes) is 15. The van der Waals surface area contributed by atoms with Crippen LogP contribution in [0.4, 0.5) is 0 Å². The highest BCUT2D eigenvalue weighted by atomic mass is 28.4. The summed E-state index contributed by atoms with van der Waals surface area (Å²) < 4.78 is 50.6. The van der Waals surface area contributed by atoms with Crippen LogP contribution in [0.15, 0.2) is 0 Å². The molecule has 50 heavy (non-hydrogen) atoms. The molecule has 0 bridgehead atoms. The van der Waals surface area contributed by atoms with Gasteiger partial charge in [-0.05, 0) is 24.6 Å². The van der Waals surface area contributed by atoms with Gasteiger partial charge in [0.1, 0.15) is 0 Å². The van der Waals surface area contributed by atoms with Crippen LogP contribution in [0.25, 0.3) is 0 Å². The molecule has 0 amide bonds. The number of hydrogen-bond acceptors (Lipinski definition) is 9. The summed E-state index contributed by atoms with van der Waals surface area (Å²) in [5, 5.41) is 0.224. The Morgan fingerprint density at radius 1 is 0.300 bits per heavy atom. The molecule has 0 unspecified atom stereocenters. The smallest absolute Gasteiger partial charge is 0.192 e. The minimum absolute atomic E-state index is 0.224. The molecule has 10 heteroatoms. The van der Waals surface area contributed by atoms with Crippen LogP contribution in [0.2, 0.25) is 18.1 Å². The van der Waals surface area contributed by atoms with E-state index in [0.29, 0.717) is 106 Å². The Morgan fingerprint density at radius 3 is 0.780 bits per heavy atom. The van der Waals surface area contributed by atoms with E-state index in [1.807, 2.05) is 0 Å². The van der Waals surface area contributed by atoms with Crippen molar-refractivity contribution in [2.24, 2.45) is 0 Å². The quantitative estimate of drug-likeness (QED) is 0.0450. The molecule has 0 saturated heterocycles. The first-order valence-electron chi connectivity index (χ1n) is 20.6. The zero-order chi connectivity index (χ0) is 36.7. The Morgan fingerprint density at radius 2 is 0.520 bits per heavy atom. The average Bonchev–Trinajstić information content (AvgIpc) is 3.08. The van der Waals surface area contributed by atoms with Crippen LogP contribution in [0.1, 0.15) is 130 Å². The van der Waals surface area contributed by atoms with Gasteiger partial charge >= 0.3 is 0 Å². The van der Waals surface area contributed by atoms with Gasteiger partial charge in [-0.15, -0.1) is 0 Å². The van der Waals surface area contributed by atoms with E-state index in [0.717, 1.165) is 13.0 Å². The summed E-state index contributed by atoms with van der Waals surface area (Å²) in [7, 11) is -1.69. The summed E-state index contributed by atoms with van der Waals surface area (Å²) in [4.78, 5) is 0. The maximum absolute atomic E-state index is 6.09. The van der Waals surface area contributed by atoms with E-state index in [9.17, 15) is 0 Å². The van der Waals surface area contributed by atoms with E-state index >= 15 is 0 Å². The Hall–Kier alpha value is -0.143. The van der Waals surface area contributed by atoms with Crippen LogP contribution in [0.5, 0.6) is 0 Å². The highest BCUT2D eigenvalue weighted by Crippen LogP contribution is 2.36. The van der Waals surface area contributed by atoms with Gasteiger partial charge in [-0.1, -0.05) is 124 Å². The molecule has 0 aliphatic heterocycles. The monoisotopic (exact) mass is 737 g/mol. The maximum Gasteiger partial charge on any atom is 0.192 e. The van der Waals surface area contributed by atoms with Crippen molar-refractivity contribution < 1.29 is 42.3 Å². The summed E-state index contributed by atoms with van der Waals surface area (Å²) in [6.07, 6.45) is 22.3. The summed E-state index contributed by atoms with van der Waals surface area (Å²) in [6, 6.07) is 0. The summed E-state index contributed by atoms with van der Waals surface area (Å²) in [5.41, 5.74) is 0. The molecule has 0 N–H and O–H groups in total. The van der Waals surface area contributed by atoms with Gasteiger partial charge in [0.2, 0.25) is 0 Å². The Bertz CT molecular complexity index is 649. The van der Waals surface area contributed by atoms with Crippen LogP contribution in [-0.2, 0) is 42.3 Å². The van der Waals surface area contributed by atoms with E-state index in [-0.39, 0.29) is 5.04 Å². The average molecular weight is 737 g/mol. The van der Waals surface area contributed by atoms with Gasteiger partial charge in [0.25, 0.3) is 0 Å². The third kappa shape index (κ3) is 37.6. The van der Waals surface area contributed by atoms with E-state index < -0.39 is 8.32 Å². The van der Waals surface area contributed by atoms with Crippen molar-refractivity contribution in [1.82, 2.24) is 0 Å². The molecule has 9 nitrogen and oxygen atoms in total. The SMILES string of the molecule is CCCCCCCCCCCCCCCCCCOCCOCCOCCOCCOCCOCCOCCOCCO[Si](C)(C)C(C)(C)C. The third-order valence-electron chi connectivity index (χ3n) is 9.24. The molecule has 0 fully saturated rings. The van der Waals surface area contributed by atoms with Gasteiger partial charge in [-0.3, -0.25) is 0 Å². The lowest BCUT2D eigenvalue weighted by molar-refractivity contribution is -0.0237. The highest BCUT2D eigenvalue weighted by molar-refractivity contribution is 6.74. The molecule has 0 radical (unpaired) electrons. The highest BCUT2D eigenvalue weighted by Gasteiger charge is 2.36. The molecular formula is C40H84O9Si. The number of ether oxygens (including phenoxy) is 8. The molecule has 302 valence electrons. The van der Waals surface area contributed by atoms with Crippen LogP contribution in [0.3, 0.4) is 0 Å².